The number of carbonyl (C=O) groups excluding carboxylic acids is 4. The van der Waals surface area contributed by atoms with Crippen molar-refractivity contribution in [1.82, 2.24) is 10.2 Å². The SMILES string of the molecule is COc1ccc(COC(=O)C(Cl)N2C(=O)[C@H](NC(=O)COc3ccccc3)[C@@H]2SC(C)=O)cc1. The Morgan fingerprint density at radius 2 is 1.76 bits per heavy atom. The summed E-state index contributed by atoms with van der Waals surface area (Å²) in [5, 5.41) is 1.37. The summed E-state index contributed by atoms with van der Waals surface area (Å²) in [4.78, 5) is 50.2. The molecule has 1 saturated heterocycles. The number of carbonyl (C=O) groups is 4. The molecule has 1 aliphatic rings. The molecule has 9 nitrogen and oxygen atoms in total. The van der Waals surface area contributed by atoms with Crippen LogP contribution in [-0.4, -0.2) is 58.4 Å². The fraction of sp³-hybridized carbons (Fsp3) is 0.304. The molecule has 1 fully saturated rings. The van der Waals surface area contributed by atoms with E-state index in [1.54, 1.807) is 55.6 Å². The molecule has 1 aliphatic heterocycles. The first-order chi connectivity index (χ1) is 16.3. The molecule has 2 aromatic carbocycles. The monoisotopic (exact) mass is 506 g/mol. The van der Waals surface area contributed by atoms with Gasteiger partial charge in [0.15, 0.2) is 11.7 Å². The molecule has 0 aliphatic carbocycles. The Morgan fingerprint density at radius 3 is 2.38 bits per heavy atom. The summed E-state index contributed by atoms with van der Waals surface area (Å²) in [6.07, 6.45) is 0. The lowest BCUT2D eigenvalue weighted by Gasteiger charge is -2.47. The Bertz CT molecular complexity index is 1040. The van der Waals surface area contributed by atoms with E-state index in [0.29, 0.717) is 17.1 Å². The van der Waals surface area contributed by atoms with E-state index in [2.05, 4.69) is 5.32 Å². The van der Waals surface area contributed by atoms with Crippen LogP contribution in [0.4, 0.5) is 0 Å². The highest BCUT2D eigenvalue weighted by atomic mass is 35.5. The van der Waals surface area contributed by atoms with Gasteiger partial charge in [-0.2, -0.15) is 0 Å². The Morgan fingerprint density at radius 1 is 1.09 bits per heavy atom. The van der Waals surface area contributed by atoms with Gasteiger partial charge < -0.3 is 19.5 Å². The maximum atomic E-state index is 12.7. The normalized spacial score (nSPS) is 17.9. The average molecular weight is 507 g/mol. The van der Waals surface area contributed by atoms with E-state index >= 15 is 0 Å². The van der Waals surface area contributed by atoms with Crippen LogP contribution in [0, 0.1) is 0 Å². The maximum absolute atomic E-state index is 12.7. The third-order valence-electron chi connectivity index (χ3n) is 4.78. The molecule has 0 bridgehead atoms. The van der Waals surface area contributed by atoms with Crippen molar-refractivity contribution in [2.75, 3.05) is 13.7 Å². The number of para-hydroxylation sites is 1. The molecule has 3 rings (SSSR count). The van der Waals surface area contributed by atoms with Crippen LogP contribution in [0.2, 0.25) is 0 Å². The number of esters is 1. The van der Waals surface area contributed by atoms with Gasteiger partial charge in [0.25, 0.3) is 11.8 Å². The molecule has 0 radical (unpaired) electrons. The highest BCUT2D eigenvalue weighted by molar-refractivity contribution is 8.14. The van der Waals surface area contributed by atoms with Gasteiger partial charge in [0.05, 0.1) is 7.11 Å². The van der Waals surface area contributed by atoms with Gasteiger partial charge in [-0.25, -0.2) is 4.79 Å². The molecule has 34 heavy (non-hydrogen) atoms. The fourth-order valence-corrected chi connectivity index (χ4v) is 4.44. The first kappa shape index (κ1) is 25.4. The van der Waals surface area contributed by atoms with Crippen LogP contribution in [0.1, 0.15) is 12.5 Å². The van der Waals surface area contributed by atoms with E-state index < -0.39 is 34.7 Å². The lowest BCUT2D eigenvalue weighted by Crippen LogP contribution is -2.72. The quantitative estimate of drug-likeness (QED) is 0.226. The largest absolute Gasteiger partial charge is 0.497 e. The molecule has 2 aromatic rings. The van der Waals surface area contributed by atoms with Crippen molar-refractivity contribution >= 4 is 46.3 Å². The molecule has 2 amide bonds. The lowest BCUT2D eigenvalue weighted by atomic mass is 10.1. The smallest absolute Gasteiger partial charge is 0.345 e. The number of rotatable bonds is 10. The van der Waals surface area contributed by atoms with Crippen LogP contribution in [0.15, 0.2) is 54.6 Å². The predicted molar refractivity (Wildman–Crippen MR) is 125 cm³/mol. The van der Waals surface area contributed by atoms with E-state index in [-0.39, 0.29) is 18.3 Å². The number of hydrogen-bond acceptors (Lipinski definition) is 8. The second-order valence-corrected chi connectivity index (χ2v) is 8.89. The molecular weight excluding hydrogens is 484 g/mol. The minimum absolute atomic E-state index is 0.0599. The van der Waals surface area contributed by atoms with Crippen molar-refractivity contribution in [3.63, 3.8) is 0 Å². The van der Waals surface area contributed by atoms with Gasteiger partial charge in [-0.3, -0.25) is 19.3 Å². The zero-order chi connectivity index (χ0) is 24.7. The Balaban J connectivity index is 1.56. The number of hydrogen-bond donors (Lipinski definition) is 1. The number of methoxy groups -OCH3 is 1. The molecule has 1 heterocycles. The van der Waals surface area contributed by atoms with E-state index in [9.17, 15) is 19.2 Å². The van der Waals surface area contributed by atoms with Gasteiger partial charge in [0.2, 0.25) is 5.50 Å². The summed E-state index contributed by atoms with van der Waals surface area (Å²) in [6.45, 7) is 0.934. The number of alkyl halides is 1. The molecular formula is C23H23ClN2O7S. The third-order valence-corrected chi connectivity index (χ3v) is 6.24. The van der Waals surface area contributed by atoms with Crippen LogP contribution in [0.25, 0.3) is 0 Å². The second kappa shape index (κ2) is 11.8. The van der Waals surface area contributed by atoms with Crippen molar-refractivity contribution in [3.05, 3.63) is 60.2 Å². The molecule has 0 aromatic heterocycles. The second-order valence-electron chi connectivity index (χ2n) is 7.18. The molecule has 180 valence electrons. The number of ether oxygens (including phenoxy) is 3. The van der Waals surface area contributed by atoms with Crippen molar-refractivity contribution in [2.45, 2.75) is 30.4 Å². The van der Waals surface area contributed by atoms with Gasteiger partial charge in [0.1, 0.15) is 29.5 Å². The van der Waals surface area contributed by atoms with E-state index in [0.717, 1.165) is 16.7 Å². The Kier molecular flexibility index (Phi) is 8.78. The van der Waals surface area contributed by atoms with Gasteiger partial charge in [0, 0.05) is 6.92 Å². The highest BCUT2D eigenvalue weighted by Gasteiger charge is 2.54. The number of nitrogens with one attached hydrogen (secondary N) is 1. The molecule has 0 saturated carbocycles. The van der Waals surface area contributed by atoms with E-state index in [1.165, 1.54) is 6.92 Å². The standard InChI is InChI=1S/C23H23ClN2O7S/c1-14(27)34-22-19(25-18(28)13-32-17-6-4-3-5-7-17)21(29)26(22)20(24)23(30)33-12-15-8-10-16(31-2)11-9-15/h3-11,19-20,22H,12-13H2,1-2H3,(H,25,28)/t19-,20?,22-/m0/s1. The Labute approximate surface area is 205 Å². The number of benzene rings is 2. The summed E-state index contributed by atoms with van der Waals surface area (Å²) < 4.78 is 15.7. The van der Waals surface area contributed by atoms with Crippen LogP contribution >= 0.6 is 23.4 Å². The molecule has 0 spiro atoms. The summed E-state index contributed by atoms with van der Waals surface area (Å²) >= 11 is 7.00. The lowest BCUT2D eigenvalue weighted by molar-refractivity contribution is -0.161. The molecule has 3 atom stereocenters. The number of β-lactam (4-membered cyclic amide) rings is 1. The van der Waals surface area contributed by atoms with Crippen LogP contribution in [0.3, 0.4) is 0 Å². The van der Waals surface area contributed by atoms with Gasteiger partial charge in [-0.05, 0) is 29.8 Å². The van der Waals surface area contributed by atoms with E-state index in [4.69, 9.17) is 25.8 Å². The summed E-state index contributed by atoms with van der Waals surface area (Å²) in [6, 6.07) is 14.6. The fourth-order valence-electron chi connectivity index (χ4n) is 3.09. The number of nitrogens with zero attached hydrogens (tertiary/aromatic N) is 1. The van der Waals surface area contributed by atoms with Crippen molar-refractivity contribution < 1.29 is 33.4 Å². The van der Waals surface area contributed by atoms with Crippen LogP contribution in [-0.2, 0) is 30.5 Å². The van der Waals surface area contributed by atoms with Gasteiger partial charge in [-0.1, -0.05) is 53.7 Å². The summed E-state index contributed by atoms with van der Waals surface area (Å²) in [5.74, 6) is -0.855. The zero-order valence-electron chi connectivity index (χ0n) is 18.4. The first-order valence-corrected chi connectivity index (χ1v) is 11.5. The topological polar surface area (TPSA) is 111 Å². The number of likely N-dealkylation sites (tertiary alicyclic amines) is 1. The average Bonchev–Trinajstić information content (AvgIpc) is 2.84. The predicted octanol–water partition coefficient (Wildman–Crippen LogP) is 2.32. The zero-order valence-corrected chi connectivity index (χ0v) is 20.0. The minimum Gasteiger partial charge on any atom is -0.497 e. The first-order valence-electron chi connectivity index (χ1n) is 10.2. The number of halogens is 1. The Hall–Kier alpha value is -3.24. The molecule has 1 N–H and O–H groups in total. The molecule has 11 heteroatoms. The number of thioether (sulfide) groups is 1. The molecule has 1 unspecified atom stereocenters. The number of amides is 2. The van der Waals surface area contributed by atoms with E-state index in [1.807, 2.05) is 6.07 Å². The van der Waals surface area contributed by atoms with Crippen molar-refractivity contribution in [1.29, 1.82) is 0 Å². The maximum Gasteiger partial charge on any atom is 0.345 e. The third kappa shape index (κ3) is 6.42. The van der Waals surface area contributed by atoms with Crippen LogP contribution < -0.4 is 14.8 Å². The van der Waals surface area contributed by atoms with Gasteiger partial charge in [-0.15, -0.1) is 0 Å². The van der Waals surface area contributed by atoms with Crippen molar-refractivity contribution in [3.8, 4) is 11.5 Å². The van der Waals surface area contributed by atoms with Gasteiger partial charge >= 0.3 is 5.97 Å². The highest BCUT2D eigenvalue weighted by Crippen LogP contribution is 2.34. The van der Waals surface area contributed by atoms with Crippen molar-refractivity contribution in [2.24, 2.45) is 0 Å². The summed E-state index contributed by atoms with van der Waals surface area (Å²) in [5.41, 5.74) is -0.762. The minimum atomic E-state index is -1.46. The van der Waals surface area contributed by atoms with Crippen LogP contribution in [0.5, 0.6) is 11.5 Å². The summed E-state index contributed by atoms with van der Waals surface area (Å²) in [7, 11) is 1.54.